The van der Waals surface area contributed by atoms with Gasteiger partial charge in [-0.05, 0) is 90.6 Å². The first-order valence-electron chi connectivity index (χ1n) is 10.9. The minimum atomic E-state index is -0.134. The van der Waals surface area contributed by atoms with Gasteiger partial charge in [-0.2, -0.15) is 5.10 Å². The Kier molecular flexibility index (Phi) is 6.55. The topological polar surface area (TPSA) is 32.7 Å². The monoisotopic (exact) mass is 582 g/mol. The van der Waals surface area contributed by atoms with Gasteiger partial charge in [0.05, 0.1) is 11.8 Å². The van der Waals surface area contributed by atoms with Crippen LogP contribution in [0.2, 0.25) is 5.02 Å². The van der Waals surface area contributed by atoms with E-state index in [1.165, 1.54) is 5.57 Å². The van der Waals surface area contributed by atoms with Crippen molar-refractivity contribution < 1.29 is 4.79 Å². The third kappa shape index (κ3) is 4.72. The number of benzene rings is 3. The fourth-order valence-electron chi connectivity index (χ4n) is 4.65. The van der Waals surface area contributed by atoms with Crippen molar-refractivity contribution >= 4 is 61.2 Å². The van der Waals surface area contributed by atoms with Gasteiger partial charge in [0.25, 0.3) is 5.91 Å². The second-order valence-corrected chi connectivity index (χ2v) is 10.6. The first kappa shape index (κ1) is 22.6. The molecular weight excluding hydrogens is 564 g/mol. The Balaban J connectivity index is 1.57. The Morgan fingerprint density at radius 3 is 2.24 bits per heavy atom. The van der Waals surface area contributed by atoms with Crippen molar-refractivity contribution in [3.05, 3.63) is 109 Å². The second kappa shape index (κ2) is 9.57. The standard InChI is InChI=1S/C27H21Br2ClN2O/c28-21-10-4-17(5-11-21)16-20-2-1-3-24-25(20)31-32(26(24)18-6-12-22(29)13-7-18)27(33)19-8-14-23(30)15-9-19/h4-16,24,26H,1-3H2/b20-16+/t24-,26+/m1/s1. The van der Waals surface area contributed by atoms with E-state index in [9.17, 15) is 4.79 Å². The fraction of sp³-hybridized carbons (Fsp3) is 0.185. The summed E-state index contributed by atoms with van der Waals surface area (Å²) in [4.78, 5) is 13.6. The van der Waals surface area contributed by atoms with Crippen molar-refractivity contribution in [3.63, 3.8) is 0 Å². The van der Waals surface area contributed by atoms with Crippen LogP contribution in [0.15, 0.2) is 92.4 Å². The van der Waals surface area contributed by atoms with Crippen molar-refractivity contribution in [2.45, 2.75) is 25.3 Å². The smallest absolute Gasteiger partial charge is 0.267 e. The van der Waals surface area contributed by atoms with Gasteiger partial charge in [-0.3, -0.25) is 4.79 Å². The van der Waals surface area contributed by atoms with E-state index in [4.69, 9.17) is 16.7 Å². The molecule has 3 aromatic carbocycles. The molecule has 166 valence electrons. The molecule has 1 fully saturated rings. The molecule has 2 aliphatic rings. The van der Waals surface area contributed by atoms with Crippen molar-refractivity contribution in [3.8, 4) is 0 Å². The Morgan fingerprint density at radius 1 is 0.939 bits per heavy atom. The van der Waals surface area contributed by atoms with Crippen LogP contribution in [0.4, 0.5) is 0 Å². The molecule has 1 amide bonds. The van der Waals surface area contributed by atoms with E-state index >= 15 is 0 Å². The summed E-state index contributed by atoms with van der Waals surface area (Å²) < 4.78 is 2.07. The number of nitrogens with zero attached hydrogens (tertiary/aromatic N) is 2. The summed E-state index contributed by atoms with van der Waals surface area (Å²) in [6, 6.07) is 23.4. The van der Waals surface area contributed by atoms with Gasteiger partial charge in [0.15, 0.2) is 0 Å². The summed E-state index contributed by atoms with van der Waals surface area (Å²) in [5, 5.41) is 7.26. The summed E-state index contributed by atoms with van der Waals surface area (Å²) in [7, 11) is 0. The third-order valence-electron chi connectivity index (χ3n) is 6.22. The number of amides is 1. The van der Waals surface area contributed by atoms with E-state index < -0.39 is 0 Å². The van der Waals surface area contributed by atoms with E-state index in [-0.39, 0.29) is 17.9 Å². The molecule has 0 spiro atoms. The number of hydrogen-bond donors (Lipinski definition) is 0. The van der Waals surface area contributed by atoms with Crippen molar-refractivity contribution in [1.82, 2.24) is 5.01 Å². The predicted molar refractivity (Wildman–Crippen MR) is 141 cm³/mol. The molecule has 1 aliphatic heterocycles. The van der Waals surface area contributed by atoms with Crippen LogP contribution in [-0.2, 0) is 0 Å². The average molecular weight is 585 g/mol. The van der Waals surface area contributed by atoms with Crippen LogP contribution in [0.1, 0.15) is 46.8 Å². The van der Waals surface area contributed by atoms with Gasteiger partial charge >= 0.3 is 0 Å². The normalized spacial score (nSPS) is 21.1. The van der Waals surface area contributed by atoms with Gasteiger partial charge in [0.2, 0.25) is 0 Å². The highest BCUT2D eigenvalue weighted by Gasteiger charge is 2.43. The second-order valence-electron chi connectivity index (χ2n) is 8.36. The molecule has 0 N–H and O–H groups in total. The van der Waals surface area contributed by atoms with Crippen LogP contribution < -0.4 is 0 Å². The van der Waals surface area contributed by atoms with Crippen LogP contribution in [0.5, 0.6) is 0 Å². The summed E-state index contributed by atoms with van der Waals surface area (Å²) in [5.41, 5.74) is 5.05. The molecule has 3 aromatic rings. The van der Waals surface area contributed by atoms with E-state index in [2.05, 4.69) is 62.2 Å². The minimum absolute atomic E-state index is 0.107. The maximum absolute atomic E-state index is 13.6. The fourth-order valence-corrected chi connectivity index (χ4v) is 5.30. The summed E-state index contributed by atoms with van der Waals surface area (Å²) in [6.07, 6.45) is 5.25. The van der Waals surface area contributed by atoms with Gasteiger partial charge in [0.1, 0.15) is 0 Å². The molecule has 3 nitrogen and oxygen atoms in total. The molecule has 2 atom stereocenters. The SMILES string of the molecule is O=C(c1ccc(Cl)cc1)N1N=C2/C(=C/c3ccc(Br)cc3)CCC[C@H]2[C@@H]1c1ccc(Br)cc1. The third-order valence-corrected chi connectivity index (χ3v) is 7.53. The van der Waals surface area contributed by atoms with Gasteiger partial charge in [0, 0.05) is 25.4 Å². The van der Waals surface area contributed by atoms with Crippen molar-refractivity contribution in [2.24, 2.45) is 11.0 Å². The number of rotatable bonds is 3. The largest absolute Gasteiger partial charge is 0.274 e. The summed E-state index contributed by atoms with van der Waals surface area (Å²) >= 11 is 13.1. The quantitative estimate of drug-likeness (QED) is 0.305. The number of hydrazone groups is 1. The molecule has 1 aliphatic carbocycles. The number of halogens is 3. The number of hydrogen-bond acceptors (Lipinski definition) is 2. The molecule has 5 rings (SSSR count). The molecule has 0 saturated heterocycles. The van der Waals surface area contributed by atoms with E-state index in [1.54, 1.807) is 29.3 Å². The first-order valence-corrected chi connectivity index (χ1v) is 12.9. The molecule has 1 saturated carbocycles. The van der Waals surface area contributed by atoms with Gasteiger partial charge in [-0.15, -0.1) is 0 Å². The number of carbonyl (C=O) groups is 1. The van der Waals surface area contributed by atoms with E-state index in [1.807, 2.05) is 24.3 Å². The Bertz CT molecular complexity index is 1230. The Hall–Kier alpha value is -2.21. The van der Waals surface area contributed by atoms with Crippen LogP contribution in [-0.4, -0.2) is 16.6 Å². The highest BCUT2D eigenvalue weighted by Crippen LogP contribution is 2.45. The zero-order chi connectivity index (χ0) is 22.9. The van der Waals surface area contributed by atoms with Crippen LogP contribution in [0, 0.1) is 5.92 Å². The van der Waals surface area contributed by atoms with Gasteiger partial charge < -0.3 is 0 Å². The molecule has 0 radical (unpaired) electrons. The molecule has 0 aromatic heterocycles. The van der Waals surface area contributed by atoms with Crippen LogP contribution >= 0.6 is 43.5 Å². The number of carbonyl (C=O) groups excluding carboxylic acids is 1. The Morgan fingerprint density at radius 2 is 1.58 bits per heavy atom. The summed E-state index contributed by atoms with van der Waals surface area (Å²) in [5.74, 6) is 0.0577. The first-order chi connectivity index (χ1) is 16.0. The van der Waals surface area contributed by atoms with Gasteiger partial charge in [-0.25, -0.2) is 5.01 Å². The maximum Gasteiger partial charge on any atom is 0.274 e. The lowest BCUT2D eigenvalue weighted by Crippen LogP contribution is -2.31. The number of allylic oxidation sites excluding steroid dienone is 1. The number of fused-ring (bicyclic) bond motifs is 1. The lowest BCUT2D eigenvalue weighted by Gasteiger charge is -2.29. The summed E-state index contributed by atoms with van der Waals surface area (Å²) in [6.45, 7) is 0. The predicted octanol–water partition coefficient (Wildman–Crippen LogP) is 8.30. The van der Waals surface area contributed by atoms with Crippen LogP contribution in [0.25, 0.3) is 6.08 Å². The zero-order valence-corrected chi connectivity index (χ0v) is 21.6. The molecule has 0 unspecified atom stereocenters. The molecule has 1 heterocycles. The van der Waals surface area contributed by atoms with Gasteiger partial charge in [-0.1, -0.05) is 67.7 Å². The zero-order valence-electron chi connectivity index (χ0n) is 17.7. The van der Waals surface area contributed by atoms with Crippen LogP contribution in [0.3, 0.4) is 0 Å². The average Bonchev–Trinajstić information content (AvgIpc) is 3.22. The van der Waals surface area contributed by atoms with Crippen molar-refractivity contribution in [1.29, 1.82) is 0 Å². The van der Waals surface area contributed by atoms with E-state index in [0.717, 1.165) is 45.0 Å². The van der Waals surface area contributed by atoms with Crippen molar-refractivity contribution in [2.75, 3.05) is 0 Å². The molecule has 6 heteroatoms. The van der Waals surface area contributed by atoms with E-state index in [0.29, 0.717) is 10.6 Å². The lowest BCUT2D eigenvalue weighted by atomic mass is 9.77. The molecule has 0 bridgehead atoms. The highest BCUT2D eigenvalue weighted by molar-refractivity contribution is 9.10. The Labute approximate surface area is 215 Å². The molecular formula is C27H21Br2ClN2O. The minimum Gasteiger partial charge on any atom is -0.267 e. The molecule has 33 heavy (non-hydrogen) atoms. The lowest BCUT2D eigenvalue weighted by molar-refractivity contribution is 0.0681. The highest BCUT2D eigenvalue weighted by atomic mass is 79.9. The maximum atomic E-state index is 13.6.